The van der Waals surface area contributed by atoms with Gasteiger partial charge in [0, 0.05) is 6.42 Å². The Labute approximate surface area is 309 Å². The summed E-state index contributed by atoms with van der Waals surface area (Å²) in [6.45, 7) is 4.83. The molecule has 0 aliphatic rings. The largest absolute Gasteiger partial charge is 0.472 e. The minimum Gasteiger partial charge on any atom is -0.391 e. The number of phosphoric ester groups is 1. The maximum atomic E-state index is 12.8. The molecule has 50 heavy (non-hydrogen) atoms. The topological polar surface area (TPSA) is 105 Å². The van der Waals surface area contributed by atoms with Crippen molar-refractivity contribution < 1.29 is 32.9 Å². The zero-order valence-corrected chi connectivity index (χ0v) is 34.3. The molecule has 0 heterocycles. The van der Waals surface area contributed by atoms with Crippen LogP contribution in [0.2, 0.25) is 0 Å². The second-order valence-electron chi connectivity index (χ2n) is 15.4. The number of amides is 1. The average molecular weight is 730 g/mol. The number of aliphatic hydroxyl groups is 1. The molecule has 0 aromatic carbocycles. The van der Waals surface area contributed by atoms with Crippen LogP contribution in [0, 0.1) is 0 Å². The molecule has 0 bridgehead atoms. The Morgan fingerprint density at radius 1 is 0.660 bits per heavy atom. The first-order valence-electron chi connectivity index (χ1n) is 20.7. The van der Waals surface area contributed by atoms with Gasteiger partial charge < -0.3 is 19.8 Å². The molecule has 8 nitrogen and oxygen atoms in total. The van der Waals surface area contributed by atoms with Gasteiger partial charge in [0.25, 0.3) is 0 Å². The van der Waals surface area contributed by atoms with Gasteiger partial charge in [-0.05, 0) is 64.2 Å². The number of hydrogen-bond donors (Lipinski definition) is 3. The summed E-state index contributed by atoms with van der Waals surface area (Å²) >= 11 is 0. The van der Waals surface area contributed by atoms with E-state index in [4.69, 9.17) is 9.05 Å². The third-order valence-corrected chi connectivity index (χ3v) is 10.2. The fraction of sp³-hybridized carbons (Fsp3) is 0.878. The van der Waals surface area contributed by atoms with E-state index in [1.807, 2.05) is 21.1 Å². The molecule has 0 saturated carbocycles. The highest BCUT2D eigenvalue weighted by atomic mass is 31.2. The van der Waals surface area contributed by atoms with Gasteiger partial charge in [-0.15, -0.1) is 0 Å². The van der Waals surface area contributed by atoms with E-state index < -0.39 is 20.0 Å². The molecule has 0 saturated heterocycles. The number of carbonyl (C=O) groups excluding carboxylic acids is 1. The summed E-state index contributed by atoms with van der Waals surface area (Å²) in [6.07, 6.45) is 37.7. The summed E-state index contributed by atoms with van der Waals surface area (Å²) in [4.78, 5) is 23.1. The van der Waals surface area contributed by atoms with Crippen molar-refractivity contribution in [3.8, 4) is 0 Å². The number of nitrogens with one attached hydrogen (secondary N) is 1. The molecule has 0 fully saturated rings. The van der Waals surface area contributed by atoms with Gasteiger partial charge in [-0.2, -0.15) is 0 Å². The van der Waals surface area contributed by atoms with Crippen molar-refractivity contribution in [2.75, 3.05) is 40.9 Å². The van der Waals surface area contributed by atoms with E-state index in [0.29, 0.717) is 23.9 Å². The molecular formula is C41H82N2O6P+. The van der Waals surface area contributed by atoms with Crippen LogP contribution in [0.25, 0.3) is 0 Å². The number of carbonyl (C=O) groups is 1. The normalized spacial score (nSPS) is 14.8. The lowest BCUT2D eigenvalue weighted by Crippen LogP contribution is -2.46. The number of rotatable bonds is 37. The van der Waals surface area contributed by atoms with Crippen molar-refractivity contribution in [1.82, 2.24) is 5.32 Å². The Hall–Kier alpha value is -1.02. The number of quaternary nitrogens is 1. The van der Waals surface area contributed by atoms with E-state index in [0.717, 1.165) is 57.8 Å². The van der Waals surface area contributed by atoms with Crippen LogP contribution < -0.4 is 5.32 Å². The molecule has 0 aliphatic carbocycles. The predicted molar refractivity (Wildman–Crippen MR) is 212 cm³/mol. The van der Waals surface area contributed by atoms with Gasteiger partial charge in [0.15, 0.2) is 0 Å². The Kier molecular flexibility index (Phi) is 33.1. The van der Waals surface area contributed by atoms with E-state index in [1.165, 1.54) is 96.3 Å². The molecular weight excluding hydrogens is 647 g/mol. The van der Waals surface area contributed by atoms with Crippen LogP contribution >= 0.6 is 7.82 Å². The molecule has 0 aliphatic heterocycles. The first-order valence-corrected chi connectivity index (χ1v) is 22.2. The zero-order valence-electron chi connectivity index (χ0n) is 33.4. The first-order chi connectivity index (χ1) is 24.0. The quantitative estimate of drug-likeness (QED) is 0.0254. The summed E-state index contributed by atoms with van der Waals surface area (Å²) in [5.41, 5.74) is 0. The standard InChI is InChI=1S/C41H81N2O6P/c1-6-8-10-12-14-16-18-20-21-23-25-27-29-31-33-35-41(45)42-39(38-49-50(46,47)48-37-36-43(3,4)5)40(44)34-32-30-28-26-24-22-19-17-15-13-11-9-7-2/h20-21,24,26,39-40,44H,6-19,22-23,25,27-38H2,1-5H3,(H-,42,45,46,47)/p+1/b21-20+,26-24+/t39-,40+/m0/s1. The fourth-order valence-corrected chi connectivity index (χ4v) is 6.53. The molecule has 296 valence electrons. The van der Waals surface area contributed by atoms with Crippen LogP contribution in [-0.4, -0.2) is 73.4 Å². The van der Waals surface area contributed by atoms with Gasteiger partial charge in [0.2, 0.25) is 5.91 Å². The summed E-state index contributed by atoms with van der Waals surface area (Å²) in [6, 6.07) is -0.777. The van der Waals surface area contributed by atoms with Crippen LogP contribution in [0.1, 0.15) is 181 Å². The van der Waals surface area contributed by atoms with Crippen molar-refractivity contribution in [2.45, 2.75) is 193 Å². The number of aliphatic hydroxyl groups excluding tert-OH is 1. The first kappa shape index (κ1) is 49.0. The van der Waals surface area contributed by atoms with Crippen molar-refractivity contribution >= 4 is 13.7 Å². The molecule has 0 radical (unpaired) electrons. The summed E-state index contributed by atoms with van der Waals surface area (Å²) in [7, 11) is 1.59. The van der Waals surface area contributed by atoms with Gasteiger partial charge in [0.1, 0.15) is 13.2 Å². The van der Waals surface area contributed by atoms with Gasteiger partial charge in [-0.3, -0.25) is 13.8 Å². The number of likely N-dealkylation sites (N-methyl/N-ethyl adjacent to an activating group) is 1. The van der Waals surface area contributed by atoms with Crippen LogP contribution in [-0.2, 0) is 18.4 Å². The number of allylic oxidation sites excluding steroid dienone is 4. The molecule has 0 aromatic heterocycles. The molecule has 1 unspecified atom stereocenters. The van der Waals surface area contributed by atoms with Crippen molar-refractivity contribution in [2.24, 2.45) is 0 Å². The molecule has 0 spiro atoms. The molecule has 9 heteroatoms. The second-order valence-corrected chi connectivity index (χ2v) is 16.8. The molecule has 0 aromatic rings. The minimum absolute atomic E-state index is 0.0683. The summed E-state index contributed by atoms with van der Waals surface area (Å²) in [5.74, 6) is -0.165. The van der Waals surface area contributed by atoms with Gasteiger partial charge in [0.05, 0.1) is 39.9 Å². The van der Waals surface area contributed by atoms with Gasteiger partial charge in [-0.1, -0.05) is 134 Å². The number of hydrogen-bond acceptors (Lipinski definition) is 5. The Morgan fingerprint density at radius 2 is 1.08 bits per heavy atom. The lowest BCUT2D eigenvalue weighted by atomic mass is 10.0. The van der Waals surface area contributed by atoms with Crippen molar-refractivity contribution in [1.29, 1.82) is 0 Å². The predicted octanol–water partition coefficient (Wildman–Crippen LogP) is 11.0. The van der Waals surface area contributed by atoms with Gasteiger partial charge >= 0.3 is 7.82 Å². The monoisotopic (exact) mass is 730 g/mol. The third-order valence-electron chi connectivity index (χ3n) is 9.17. The Bertz CT molecular complexity index is 876. The lowest BCUT2D eigenvalue weighted by molar-refractivity contribution is -0.870. The maximum Gasteiger partial charge on any atom is 0.472 e. The molecule has 0 rings (SSSR count). The smallest absolute Gasteiger partial charge is 0.391 e. The number of phosphoric acid groups is 1. The zero-order chi connectivity index (χ0) is 37.2. The van der Waals surface area contributed by atoms with Crippen molar-refractivity contribution in [3.63, 3.8) is 0 Å². The molecule has 3 atom stereocenters. The second kappa shape index (κ2) is 33.8. The highest BCUT2D eigenvalue weighted by Gasteiger charge is 2.28. The third kappa shape index (κ3) is 35.4. The van der Waals surface area contributed by atoms with Crippen LogP contribution in [0.15, 0.2) is 24.3 Å². The van der Waals surface area contributed by atoms with Crippen molar-refractivity contribution in [3.05, 3.63) is 24.3 Å². The lowest BCUT2D eigenvalue weighted by Gasteiger charge is -2.26. The summed E-state index contributed by atoms with van der Waals surface area (Å²) < 4.78 is 23.5. The minimum atomic E-state index is -4.32. The average Bonchev–Trinajstić information content (AvgIpc) is 3.06. The molecule has 3 N–H and O–H groups in total. The van der Waals surface area contributed by atoms with Crippen LogP contribution in [0.4, 0.5) is 0 Å². The van der Waals surface area contributed by atoms with E-state index in [2.05, 4.69) is 43.5 Å². The van der Waals surface area contributed by atoms with E-state index in [-0.39, 0.29) is 19.1 Å². The van der Waals surface area contributed by atoms with E-state index in [1.54, 1.807) is 0 Å². The highest BCUT2D eigenvalue weighted by molar-refractivity contribution is 7.47. The number of nitrogens with zero attached hydrogens (tertiary/aromatic N) is 1. The maximum absolute atomic E-state index is 12.8. The van der Waals surface area contributed by atoms with E-state index >= 15 is 0 Å². The summed E-state index contributed by atoms with van der Waals surface area (Å²) in [5, 5.41) is 13.9. The highest BCUT2D eigenvalue weighted by Crippen LogP contribution is 2.43. The fourth-order valence-electron chi connectivity index (χ4n) is 5.80. The molecule has 1 amide bonds. The Balaban J connectivity index is 4.47. The van der Waals surface area contributed by atoms with E-state index in [9.17, 15) is 19.4 Å². The number of unbranched alkanes of at least 4 members (excludes halogenated alkanes) is 20. The SMILES string of the molecule is CCCCCCCC/C=C/CCCCCCCC(=O)N[C@@H](COP(=O)(O)OCC[N+](C)(C)C)[C@H](O)CCCC/C=C/CCCCCCCCC. The van der Waals surface area contributed by atoms with Crippen LogP contribution in [0.5, 0.6) is 0 Å². The Morgan fingerprint density at radius 3 is 1.54 bits per heavy atom. The van der Waals surface area contributed by atoms with Gasteiger partial charge in [-0.25, -0.2) is 4.57 Å². The van der Waals surface area contributed by atoms with Crippen LogP contribution in [0.3, 0.4) is 0 Å².